The number of rotatable bonds is 6. The van der Waals surface area contributed by atoms with E-state index in [-0.39, 0.29) is 17.6 Å². The van der Waals surface area contributed by atoms with Gasteiger partial charge in [-0.2, -0.15) is 5.43 Å². The fourth-order valence-corrected chi connectivity index (χ4v) is 4.09. The van der Waals surface area contributed by atoms with E-state index >= 15 is 0 Å². The second kappa shape index (κ2) is 8.71. The summed E-state index contributed by atoms with van der Waals surface area (Å²) in [6, 6.07) is 17.9. The monoisotopic (exact) mass is 457 g/mol. The Labute approximate surface area is 196 Å². The Morgan fingerprint density at radius 3 is 2.56 bits per heavy atom. The number of pyridine rings is 2. The second-order valence-corrected chi connectivity index (χ2v) is 8.38. The normalized spacial score (nSPS) is 14.0. The number of hydrogen-bond donors (Lipinski definition) is 4. The third-order valence-electron chi connectivity index (χ3n) is 5.92. The number of para-hydroxylation sites is 1. The van der Waals surface area contributed by atoms with E-state index in [2.05, 4.69) is 20.7 Å². The zero-order chi connectivity index (χ0) is 23.7. The maximum atomic E-state index is 12.9. The number of likely N-dealkylation sites (tertiary alicyclic amines) is 1. The van der Waals surface area contributed by atoms with E-state index in [1.54, 1.807) is 59.9 Å². The lowest BCUT2D eigenvalue weighted by atomic mass is 10.0. The molecule has 4 N–H and O–H groups in total. The van der Waals surface area contributed by atoms with Crippen molar-refractivity contribution >= 4 is 33.9 Å². The summed E-state index contributed by atoms with van der Waals surface area (Å²) in [6.07, 6.45) is 5.06. The van der Waals surface area contributed by atoms with Crippen LogP contribution in [0.2, 0.25) is 0 Å². The van der Waals surface area contributed by atoms with E-state index < -0.39 is 4.92 Å². The van der Waals surface area contributed by atoms with E-state index in [9.17, 15) is 15.2 Å². The fourth-order valence-electron chi connectivity index (χ4n) is 4.09. The van der Waals surface area contributed by atoms with Crippen LogP contribution < -0.4 is 15.7 Å². The van der Waals surface area contributed by atoms with Gasteiger partial charge >= 0.3 is 0 Å². The average Bonchev–Trinajstić information content (AvgIpc) is 2.82. The van der Waals surface area contributed by atoms with Gasteiger partial charge in [-0.05, 0) is 48.9 Å². The number of hydrogen-bond acceptors (Lipinski definition) is 7. The van der Waals surface area contributed by atoms with Crippen LogP contribution in [-0.4, -0.2) is 50.3 Å². The number of nitrogens with one attached hydrogen (secondary N) is 2. The Hall–Kier alpha value is -4.05. The molecule has 0 atom stereocenters. The van der Waals surface area contributed by atoms with E-state index in [0.717, 1.165) is 11.1 Å². The number of fused-ring (bicyclic) bond motifs is 1. The van der Waals surface area contributed by atoms with Crippen molar-refractivity contribution in [2.45, 2.75) is 13.0 Å². The van der Waals surface area contributed by atoms with Crippen molar-refractivity contribution < 1.29 is 15.2 Å². The highest BCUT2D eigenvalue weighted by molar-refractivity contribution is 5.95. The van der Waals surface area contributed by atoms with Crippen molar-refractivity contribution in [2.75, 3.05) is 23.8 Å². The average molecular weight is 458 g/mol. The van der Waals surface area contributed by atoms with Crippen molar-refractivity contribution in [3.8, 4) is 0 Å². The zero-order valence-corrected chi connectivity index (χ0v) is 18.6. The van der Waals surface area contributed by atoms with Gasteiger partial charge in [0.2, 0.25) is 0 Å². The minimum absolute atomic E-state index is 0.0607. The maximum Gasteiger partial charge on any atom is 0.254 e. The Kier molecular flexibility index (Phi) is 5.58. The first-order valence-corrected chi connectivity index (χ1v) is 10.9. The van der Waals surface area contributed by atoms with Gasteiger partial charge in [-0.25, -0.2) is 4.98 Å². The first-order chi connectivity index (χ1) is 16.4. The summed E-state index contributed by atoms with van der Waals surface area (Å²) in [5.41, 5.74) is 6.09. The Balaban J connectivity index is 1.27. The molecule has 0 radical (unpaired) electrons. The van der Waals surface area contributed by atoms with Crippen molar-refractivity contribution in [1.82, 2.24) is 19.8 Å². The molecule has 172 valence electrons. The van der Waals surface area contributed by atoms with Gasteiger partial charge in [0.05, 0.1) is 16.6 Å². The van der Waals surface area contributed by atoms with Crippen LogP contribution in [0, 0.1) is 6.92 Å². The summed E-state index contributed by atoms with van der Waals surface area (Å²) in [5, 5.41) is 25.7. The lowest BCUT2D eigenvalue weighted by Crippen LogP contribution is -2.57. The highest BCUT2D eigenvalue weighted by Crippen LogP contribution is 2.29. The second-order valence-electron chi connectivity index (χ2n) is 8.38. The standard InChI is InChI=1S/C25H24N6O3/c1-17-14-19(25(32)30-15-21(16-30)28-20-9-12-26-13-10-20)7-8-22(17)29-31(33,34)23-6-2-4-18-5-3-11-27-24(18)23/h2-14,21,33-34H,15-16H2,1H3,(H-,26,28,29,32)/p+1. The van der Waals surface area contributed by atoms with Gasteiger partial charge in [0.25, 0.3) is 11.6 Å². The van der Waals surface area contributed by atoms with Crippen LogP contribution in [-0.2, 0) is 0 Å². The molecule has 2 aromatic heterocycles. The minimum Gasteiger partial charge on any atom is -0.379 e. The molecule has 0 bridgehead atoms. The van der Waals surface area contributed by atoms with Gasteiger partial charge in [0.1, 0.15) is 5.52 Å². The summed E-state index contributed by atoms with van der Waals surface area (Å²) < 4.78 is 0. The molecule has 0 aliphatic carbocycles. The van der Waals surface area contributed by atoms with Gasteiger partial charge in [0.15, 0.2) is 0 Å². The van der Waals surface area contributed by atoms with Crippen molar-refractivity contribution in [3.63, 3.8) is 0 Å². The largest absolute Gasteiger partial charge is 0.379 e. The van der Waals surface area contributed by atoms with Crippen LogP contribution in [0.25, 0.3) is 10.9 Å². The van der Waals surface area contributed by atoms with Crippen LogP contribution in [0.5, 0.6) is 0 Å². The van der Waals surface area contributed by atoms with Gasteiger partial charge in [-0.15, -0.1) is 10.4 Å². The summed E-state index contributed by atoms with van der Waals surface area (Å²) >= 11 is 0. The lowest BCUT2D eigenvalue weighted by molar-refractivity contribution is -0.271. The lowest BCUT2D eigenvalue weighted by Gasteiger charge is -2.40. The fraction of sp³-hybridized carbons (Fsp3) is 0.160. The number of aromatic nitrogens is 2. The van der Waals surface area contributed by atoms with Crippen LogP contribution in [0.4, 0.5) is 17.1 Å². The molecular weight excluding hydrogens is 432 g/mol. The van der Waals surface area contributed by atoms with Crippen molar-refractivity contribution in [3.05, 3.63) is 90.4 Å². The topological polar surface area (TPSA) is 111 Å². The summed E-state index contributed by atoms with van der Waals surface area (Å²) in [5.74, 6) is -0.0607. The molecule has 1 amide bonds. The Bertz CT molecular complexity index is 1330. The van der Waals surface area contributed by atoms with Crippen LogP contribution >= 0.6 is 0 Å². The Morgan fingerprint density at radius 2 is 1.79 bits per heavy atom. The van der Waals surface area contributed by atoms with Crippen molar-refractivity contribution in [1.29, 1.82) is 0 Å². The molecule has 34 heavy (non-hydrogen) atoms. The highest BCUT2D eigenvalue weighted by Gasteiger charge is 2.33. The minimum atomic E-state index is -1.57. The molecule has 1 aliphatic rings. The van der Waals surface area contributed by atoms with Gasteiger partial charge in [-0.1, -0.05) is 18.2 Å². The number of carbonyl (C=O) groups excluding carboxylic acids is 1. The summed E-state index contributed by atoms with van der Waals surface area (Å²) in [7, 11) is 0. The molecule has 9 heteroatoms. The predicted octanol–water partition coefficient (Wildman–Crippen LogP) is 3.99. The molecular formula is C25H25N6O3+. The zero-order valence-electron chi connectivity index (χ0n) is 18.6. The highest BCUT2D eigenvalue weighted by atomic mass is 16.9. The van der Waals surface area contributed by atoms with Crippen LogP contribution in [0.3, 0.4) is 0 Å². The number of anilines is 2. The van der Waals surface area contributed by atoms with E-state index in [1.165, 1.54) is 0 Å². The number of quaternary nitrogens is 1. The van der Waals surface area contributed by atoms with E-state index in [4.69, 9.17) is 0 Å². The van der Waals surface area contributed by atoms with Gasteiger partial charge in [0, 0.05) is 54.4 Å². The smallest absolute Gasteiger partial charge is 0.254 e. The maximum absolute atomic E-state index is 12.9. The van der Waals surface area contributed by atoms with Crippen LogP contribution in [0.1, 0.15) is 15.9 Å². The SMILES string of the molecule is Cc1cc(C(=O)N2CC(Nc3ccncc3)C2)ccc1N[N+](O)(O)c1cccc2cccnc12. The molecule has 2 aromatic carbocycles. The van der Waals surface area contributed by atoms with Crippen molar-refractivity contribution in [2.24, 2.45) is 0 Å². The quantitative estimate of drug-likeness (QED) is 0.256. The first kappa shape index (κ1) is 21.8. The third-order valence-corrected chi connectivity index (χ3v) is 5.92. The van der Waals surface area contributed by atoms with Gasteiger partial charge < -0.3 is 10.2 Å². The Morgan fingerprint density at radius 1 is 1.03 bits per heavy atom. The van der Waals surface area contributed by atoms with Gasteiger partial charge in [-0.3, -0.25) is 9.78 Å². The number of aryl methyl sites for hydroxylation is 1. The molecule has 5 rings (SSSR count). The molecule has 0 spiro atoms. The molecule has 4 aromatic rings. The summed E-state index contributed by atoms with van der Waals surface area (Å²) in [6.45, 7) is 3.04. The third kappa shape index (κ3) is 4.27. The number of amides is 1. The molecule has 1 fully saturated rings. The van der Waals surface area contributed by atoms with E-state index in [0.29, 0.717) is 35.4 Å². The van der Waals surface area contributed by atoms with E-state index in [1.807, 2.05) is 31.2 Å². The molecule has 1 aliphatic heterocycles. The molecule has 0 unspecified atom stereocenters. The number of benzene rings is 2. The predicted molar refractivity (Wildman–Crippen MR) is 129 cm³/mol. The molecule has 1 saturated heterocycles. The molecule has 3 heterocycles. The molecule has 0 saturated carbocycles. The number of carbonyl (C=O) groups is 1. The summed E-state index contributed by atoms with van der Waals surface area (Å²) in [4.78, 5) is 21.4. The first-order valence-electron chi connectivity index (χ1n) is 10.9. The molecule has 9 nitrogen and oxygen atoms in total. The number of nitrogens with zero attached hydrogens (tertiary/aromatic N) is 4. The van der Waals surface area contributed by atoms with Crippen LogP contribution in [0.15, 0.2) is 79.3 Å².